The van der Waals surface area contributed by atoms with Crippen LogP contribution in [0, 0.1) is 0 Å². The first-order chi connectivity index (χ1) is 7.26. The summed E-state index contributed by atoms with van der Waals surface area (Å²) in [4.78, 5) is 11.3. The van der Waals surface area contributed by atoms with Gasteiger partial charge in [0.15, 0.2) is 0 Å². The summed E-state index contributed by atoms with van der Waals surface area (Å²) in [5.41, 5.74) is 0. The van der Waals surface area contributed by atoms with Crippen molar-refractivity contribution in [3.63, 3.8) is 0 Å². The molecule has 0 saturated carbocycles. The van der Waals surface area contributed by atoms with Crippen LogP contribution in [0.15, 0.2) is 0 Å². The third-order valence-electron chi connectivity index (χ3n) is 2.01. The summed E-state index contributed by atoms with van der Waals surface area (Å²) in [5, 5.41) is 5.23. The highest BCUT2D eigenvalue weighted by molar-refractivity contribution is 5.81. The van der Waals surface area contributed by atoms with Gasteiger partial charge >= 0.3 is 6.18 Å². The number of carbonyl (C=O) groups is 1. The summed E-state index contributed by atoms with van der Waals surface area (Å²) in [6, 6.07) is -1.37. The second kappa shape index (κ2) is 6.73. The van der Waals surface area contributed by atoms with Gasteiger partial charge in [-0.05, 0) is 20.3 Å². The molecule has 16 heavy (non-hydrogen) atoms. The van der Waals surface area contributed by atoms with Gasteiger partial charge in [-0.25, -0.2) is 0 Å². The van der Waals surface area contributed by atoms with Crippen molar-refractivity contribution >= 4 is 5.91 Å². The molecule has 6 heteroatoms. The minimum Gasteiger partial charge on any atom is -0.355 e. The summed E-state index contributed by atoms with van der Waals surface area (Å²) in [6.45, 7) is 5.41. The highest BCUT2D eigenvalue weighted by atomic mass is 19.4. The smallest absolute Gasteiger partial charge is 0.355 e. The fraction of sp³-hybridized carbons (Fsp3) is 0.900. The van der Waals surface area contributed by atoms with Gasteiger partial charge in [0.2, 0.25) is 5.91 Å². The Morgan fingerprint density at radius 2 is 1.88 bits per heavy atom. The number of hydrogen-bond donors (Lipinski definition) is 2. The first kappa shape index (κ1) is 15.2. The first-order valence-corrected chi connectivity index (χ1v) is 5.36. The van der Waals surface area contributed by atoms with Gasteiger partial charge in [0, 0.05) is 12.6 Å². The highest BCUT2D eigenvalue weighted by Crippen LogP contribution is 2.21. The lowest BCUT2D eigenvalue weighted by Gasteiger charge is -2.20. The molecule has 0 aromatic heterocycles. The maximum atomic E-state index is 12.0. The molecule has 0 bridgehead atoms. The van der Waals surface area contributed by atoms with Gasteiger partial charge in [-0.2, -0.15) is 13.2 Å². The normalized spacial score (nSPS) is 15.6. The summed E-state index contributed by atoms with van der Waals surface area (Å²) >= 11 is 0. The predicted octanol–water partition coefficient (Wildman–Crippen LogP) is 1.83. The van der Waals surface area contributed by atoms with E-state index in [1.54, 1.807) is 6.92 Å². The van der Waals surface area contributed by atoms with Crippen molar-refractivity contribution in [2.45, 2.75) is 51.9 Å². The molecule has 0 aliphatic heterocycles. The van der Waals surface area contributed by atoms with Gasteiger partial charge in [-0.3, -0.25) is 4.79 Å². The molecule has 2 unspecified atom stereocenters. The monoisotopic (exact) mass is 240 g/mol. The van der Waals surface area contributed by atoms with Crippen molar-refractivity contribution in [2.24, 2.45) is 0 Å². The van der Waals surface area contributed by atoms with Crippen LogP contribution in [0.2, 0.25) is 0 Å². The Hall–Kier alpha value is -0.780. The minimum atomic E-state index is -4.20. The van der Waals surface area contributed by atoms with Crippen molar-refractivity contribution in [1.82, 2.24) is 10.6 Å². The fourth-order valence-corrected chi connectivity index (χ4v) is 1.31. The maximum Gasteiger partial charge on any atom is 0.390 e. The molecule has 2 N–H and O–H groups in total. The van der Waals surface area contributed by atoms with Crippen molar-refractivity contribution in [1.29, 1.82) is 0 Å². The third kappa shape index (κ3) is 7.50. The molecule has 0 rings (SSSR count). The zero-order valence-electron chi connectivity index (χ0n) is 9.82. The number of nitrogens with one attached hydrogen (secondary N) is 2. The van der Waals surface area contributed by atoms with E-state index in [9.17, 15) is 18.0 Å². The number of alkyl halides is 3. The lowest BCUT2D eigenvalue weighted by Crippen LogP contribution is -2.46. The van der Waals surface area contributed by atoms with E-state index in [4.69, 9.17) is 0 Å². The zero-order valence-corrected chi connectivity index (χ0v) is 9.82. The van der Waals surface area contributed by atoms with Crippen LogP contribution in [0.25, 0.3) is 0 Å². The van der Waals surface area contributed by atoms with E-state index < -0.39 is 24.7 Å². The summed E-state index contributed by atoms with van der Waals surface area (Å²) in [6.07, 6.45) is -4.33. The van der Waals surface area contributed by atoms with Gasteiger partial charge in [0.05, 0.1) is 12.5 Å². The van der Waals surface area contributed by atoms with E-state index in [-0.39, 0.29) is 5.91 Å². The van der Waals surface area contributed by atoms with Crippen molar-refractivity contribution in [3.05, 3.63) is 0 Å². The standard InChI is InChI=1S/C10H19F3N2O/c1-4-5-14-9(16)8(3)15-7(2)6-10(11,12)13/h7-8,15H,4-6H2,1-3H3,(H,14,16). The molecular formula is C10H19F3N2O. The Morgan fingerprint density at radius 3 is 2.31 bits per heavy atom. The topological polar surface area (TPSA) is 41.1 Å². The van der Waals surface area contributed by atoms with Crippen LogP contribution in [-0.4, -0.2) is 30.7 Å². The molecule has 0 aromatic rings. The summed E-state index contributed by atoms with van der Waals surface area (Å²) in [7, 11) is 0. The zero-order chi connectivity index (χ0) is 12.8. The Morgan fingerprint density at radius 1 is 1.31 bits per heavy atom. The van der Waals surface area contributed by atoms with Crippen molar-refractivity contribution in [2.75, 3.05) is 6.54 Å². The lowest BCUT2D eigenvalue weighted by atomic mass is 10.2. The molecule has 2 atom stereocenters. The molecule has 96 valence electrons. The molecule has 0 aromatic carbocycles. The largest absolute Gasteiger partial charge is 0.390 e. The van der Waals surface area contributed by atoms with Crippen molar-refractivity contribution in [3.8, 4) is 0 Å². The van der Waals surface area contributed by atoms with E-state index in [0.29, 0.717) is 6.54 Å². The van der Waals surface area contributed by atoms with Crippen LogP contribution in [0.3, 0.4) is 0 Å². The summed E-state index contributed by atoms with van der Waals surface area (Å²) in [5.74, 6) is -0.268. The predicted molar refractivity (Wildman–Crippen MR) is 56.0 cm³/mol. The average molecular weight is 240 g/mol. The number of rotatable bonds is 6. The van der Waals surface area contributed by atoms with Gasteiger partial charge in [0.1, 0.15) is 0 Å². The van der Waals surface area contributed by atoms with Crippen LogP contribution in [0.1, 0.15) is 33.6 Å². The molecule has 0 aliphatic carbocycles. The van der Waals surface area contributed by atoms with Gasteiger partial charge in [0.25, 0.3) is 0 Å². The van der Waals surface area contributed by atoms with E-state index in [1.807, 2.05) is 6.92 Å². The van der Waals surface area contributed by atoms with E-state index in [2.05, 4.69) is 10.6 Å². The van der Waals surface area contributed by atoms with Crippen LogP contribution in [-0.2, 0) is 4.79 Å². The number of carbonyl (C=O) groups excluding carboxylic acids is 1. The van der Waals surface area contributed by atoms with Crippen molar-refractivity contribution < 1.29 is 18.0 Å². The molecule has 0 fully saturated rings. The minimum absolute atomic E-state index is 0.268. The highest BCUT2D eigenvalue weighted by Gasteiger charge is 2.30. The Balaban J connectivity index is 3.94. The van der Waals surface area contributed by atoms with Crippen LogP contribution >= 0.6 is 0 Å². The van der Waals surface area contributed by atoms with E-state index in [1.165, 1.54) is 6.92 Å². The van der Waals surface area contributed by atoms with Crippen LogP contribution in [0.4, 0.5) is 13.2 Å². The summed E-state index contributed by atoms with van der Waals surface area (Å²) < 4.78 is 36.1. The van der Waals surface area contributed by atoms with Gasteiger partial charge in [-0.1, -0.05) is 6.92 Å². The molecule has 0 heterocycles. The maximum absolute atomic E-state index is 12.0. The Bertz CT molecular complexity index is 219. The molecule has 0 aliphatic rings. The molecular weight excluding hydrogens is 221 g/mol. The second-order valence-corrected chi connectivity index (χ2v) is 3.90. The first-order valence-electron chi connectivity index (χ1n) is 5.36. The Kier molecular flexibility index (Phi) is 6.40. The van der Waals surface area contributed by atoms with Crippen LogP contribution in [0.5, 0.6) is 0 Å². The molecule has 0 radical (unpaired) electrons. The van der Waals surface area contributed by atoms with E-state index >= 15 is 0 Å². The average Bonchev–Trinajstić information content (AvgIpc) is 2.10. The van der Waals surface area contributed by atoms with Crippen LogP contribution < -0.4 is 10.6 Å². The quantitative estimate of drug-likeness (QED) is 0.743. The molecule has 1 amide bonds. The lowest BCUT2D eigenvalue weighted by molar-refractivity contribution is -0.140. The SMILES string of the molecule is CCCNC(=O)C(C)NC(C)CC(F)(F)F. The van der Waals surface area contributed by atoms with Gasteiger partial charge in [-0.15, -0.1) is 0 Å². The fourth-order valence-electron chi connectivity index (χ4n) is 1.31. The van der Waals surface area contributed by atoms with Gasteiger partial charge < -0.3 is 10.6 Å². The number of amides is 1. The molecule has 3 nitrogen and oxygen atoms in total. The third-order valence-corrected chi connectivity index (χ3v) is 2.01. The number of halogens is 3. The molecule has 0 saturated heterocycles. The van der Waals surface area contributed by atoms with E-state index in [0.717, 1.165) is 6.42 Å². The Labute approximate surface area is 93.8 Å². The number of hydrogen-bond acceptors (Lipinski definition) is 2. The molecule has 0 spiro atoms. The second-order valence-electron chi connectivity index (χ2n) is 3.90.